The molecule has 0 aliphatic carbocycles. The molecule has 7 nitrogen and oxygen atoms in total. The highest BCUT2D eigenvalue weighted by Crippen LogP contribution is 2.29. The lowest BCUT2D eigenvalue weighted by molar-refractivity contribution is -0.128. The van der Waals surface area contributed by atoms with Crippen LogP contribution in [0.25, 0.3) is 0 Å². The Morgan fingerprint density at radius 3 is 2.37 bits per heavy atom. The van der Waals surface area contributed by atoms with Crippen molar-refractivity contribution in [3.8, 4) is 17.2 Å². The van der Waals surface area contributed by atoms with Gasteiger partial charge in [-0.05, 0) is 67.4 Å². The van der Waals surface area contributed by atoms with Crippen molar-refractivity contribution >= 4 is 41.3 Å². The number of nitrogens with one attached hydrogen (secondary N) is 1. The summed E-state index contributed by atoms with van der Waals surface area (Å²) in [5.74, 6) is 0.0164. The highest BCUT2D eigenvalue weighted by Gasteiger charge is 2.19. The molecule has 0 saturated heterocycles. The summed E-state index contributed by atoms with van der Waals surface area (Å²) in [6, 6.07) is 16.7. The smallest absolute Gasteiger partial charge is 0.343 e. The molecule has 1 amide bonds. The molecule has 9 heteroatoms. The topological polar surface area (TPSA) is 86.2 Å². The Morgan fingerprint density at radius 1 is 1.00 bits per heavy atom. The second-order valence-electron chi connectivity index (χ2n) is 7.49. The molecule has 3 aromatic rings. The SMILES string of the molecule is CC[C@H](Oc1ccc(Cl)cc1Cl)C(=O)N/N=C\c1ccc(OC(=O)c2ccc(C)cc2)c(OC)c1. The van der Waals surface area contributed by atoms with Crippen molar-refractivity contribution < 1.29 is 23.8 Å². The molecule has 35 heavy (non-hydrogen) atoms. The molecule has 1 atom stereocenters. The average Bonchev–Trinajstić information content (AvgIpc) is 2.84. The van der Waals surface area contributed by atoms with Crippen molar-refractivity contribution in [2.45, 2.75) is 26.4 Å². The van der Waals surface area contributed by atoms with E-state index in [2.05, 4.69) is 10.5 Å². The van der Waals surface area contributed by atoms with E-state index < -0.39 is 18.0 Å². The Bertz CT molecular complexity index is 1230. The normalized spacial score (nSPS) is 11.7. The first-order chi connectivity index (χ1) is 16.8. The fourth-order valence-electron chi connectivity index (χ4n) is 2.99. The van der Waals surface area contributed by atoms with Gasteiger partial charge in [0.2, 0.25) is 0 Å². The number of ether oxygens (including phenoxy) is 3. The number of carbonyl (C=O) groups excluding carboxylic acids is 2. The van der Waals surface area contributed by atoms with Gasteiger partial charge in [0.1, 0.15) is 5.75 Å². The van der Waals surface area contributed by atoms with Crippen LogP contribution in [0, 0.1) is 6.92 Å². The molecule has 0 bridgehead atoms. The van der Waals surface area contributed by atoms with Gasteiger partial charge in [0, 0.05) is 5.02 Å². The molecular weight excluding hydrogens is 491 g/mol. The number of hydrazone groups is 1. The van der Waals surface area contributed by atoms with Crippen LogP contribution in [0.15, 0.2) is 65.8 Å². The zero-order chi connectivity index (χ0) is 25.4. The molecule has 0 spiro atoms. The molecular formula is C26H24Cl2N2O5. The van der Waals surface area contributed by atoms with Crippen LogP contribution in [0.4, 0.5) is 0 Å². The predicted octanol–water partition coefficient (Wildman–Crippen LogP) is 5.84. The minimum atomic E-state index is -0.802. The van der Waals surface area contributed by atoms with Crippen LogP contribution >= 0.6 is 23.2 Å². The summed E-state index contributed by atoms with van der Waals surface area (Å²) in [5.41, 5.74) is 4.54. The third kappa shape index (κ3) is 7.21. The maximum atomic E-state index is 12.5. The van der Waals surface area contributed by atoms with Crippen LogP contribution in [0.2, 0.25) is 10.0 Å². The van der Waals surface area contributed by atoms with Gasteiger partial charge < -0.3 is 14.2 Å². The largest absolute Gasteiger partial charge is 0.493 e. The van der Waals surface area contributed by atoms with Crippen LogP contribution in [0.3, 0.4) is 0 Å². The molecule has 0 heterocycles. The van der Waals surface area contributed by atoms with Gasteiger partial charge in [0.05, 0.1) is 23.9 Å². The maximum absolute atomic E-state index is 12.5. The van der Waals surface area contributed by atoms with Gasteiger partial charge in [0.15, 0.2) is 17.6 Å². The molecule has 0 aliphatic heterocycles. The van der Waals surface area contributed by atoms with Gasteiger partial charge in [-0.25, -0.2) is 10.2 Å². The van der Waals surface area contributed by atoms with E-state index in [-0.39, 0.29) is 5.75 Å². The molecule has 0 unspecified atom stereocenters. The quantitative estimate of drug-likeness (QED) is 0.168. The number of carbonyl (C=O) groups is 2. The second kappa shape index (κ2) is 12.2. The number of halogens is 2. The average molecular weight is 515 g/mol. The lowest BCUT2D eigenvalue weighted by Crippen LogP contribution is -2.35. The third-order valence-corrected chi connectivity index (χ3v) is 5.42. The van der Waals surface area contributed by atoms with Crippen molar-refractivity contribution in [1.29, 1.82) is 0 Å². The monoisotopic (exact) mass is 514 g/mol. The number of amides is 1. The number of benzene rings is 3. The van der Waals surface area contributed by atoms with Crippen LogP contribution in [0.5, 0.6) is 17.2 Å². The molecule has 0 fully saturated rings. The number of aryl methyl sites for hydroxylation is 1. The van der Waals surface area contributed by atoms with Gasteiger partial charge in [-0.1, -0.05) is 47.8 Å². The number of hydrogen-bond acceptors (Lipinski definition) is 6. The van der Waals surface area contributed by atoms with Crippen LogP contribution in [-0.4, -0.2) is 31.3 Å². The molecule has 3 aromatic carbocycles. The Morgan fingerprint density at radius 2 is 1.71 bits per heavy atom. The first-order valence-electron chi connectivity index (χ1n) is 10.7. The molecule has 1 N–H and O–H groups in total. The van der Waals surface area contributed by atoms with E-state index in [1.165, 1.54) is 19.4 Å². The van der Waals surface area contributed by atoms with Crippen molar-refractivity contribution in [2.24, 2.45) is 5.10 Å². The first kappa shape index (κ1) is 26.1. The number of rotatable bonds is 9. The van der Waals surface area contributed by atoms with Crippen molar-refractivity contribution in [3.63, 3.8) is 0 Å². The summed E-state index contributed by atoms with van der Waals surface area (Å²) < 4.78 is 16.5. The van der Waals surface area contributed by atoms with E-state index in [9.17, 15) is 9.59 Å². The van der Waals surface area contributed by atoms with Gasteiger partial charge in [-0.2, -0.15) is 5.10 Å². The molecule has 182 valence electrons. The van der Waals surface area contributed by atoms with Crippen molar-refractivity contribution in [3.05, 3.63) is 87.4 Å². The highest BCUT2D eigenvalue weighted by atomic mass is 35.5. The number of hydrogen-bond donors (Lipinski definition) is 1. The standard InChI is InChI=1S/C26H24Cl2N2O5/c1-4-21(34-22-12-10-19(27)14-20(22)28)25(31)30-29-15-17-7-11-23(24(13-17)33-3)35-26(32)18-8-5-16(2)6-9-18/h5-15,21H,4H2,1-3H3,(H,30,31)/b29-15-/t21-/m0/s1. The van der Waals surface area contributed by atoms with E-state index in [4.69, 9.17) is 37.4 Å². The molecule has 0 aliphatic rings. The summed E-state index contributed by atoms with van der Waals surface area (Å²) >= 11 is 12.0. The Kier molecular flexibility index (Phi) is 9.11. The zero-order valence-electron chi connectivity index (χ0n) is 19.4. The lowest BCUT2D eigenvalue weighted by atomic mass is 10.1. The molecule has 0 aromatic heterocycles. The fourth-order valence-corrected chi connectivity index (χ4v) is 3.44. The van der Waals surface area contributed by atoms with Crippen molar-refractivity contribution in [1.82, 2.24) is 5.43 Å². The zero-order valence-corrected chi connectivity index (χ0v) is 20.9. The van der Waals surface area contributed by atoms with E-state index in [1.807, 2.05) is 19.1 Å². The van der Waals surface area contributed by atoms with Gasteiger partial charge in [-0.3, -0.25) is 4.79 Å². The van der Waals surface area contributed by atoms with E-state index in [0.29, 0.717) is 39.1 Å². The van der Waals surface area contributed by atoms with Gasteiger partial charge in [0.25, 0.3) is 5.91 Å². The van der Waals surface area contributed by atoms with E-state index in [0.717, 1.165) is 5.56 Å². The minimum Gasteiger partial charge on any atom is -0.493 e. The molecule has 0 saturated carbocycles. The Balaban J connectivity index is 1.63. The maximum Gasteiger partial charge on any atom is 0.343 e. The third-order valence-electron chi connectivity index (χ3n) is 4.89. The Hall–Kier alpha value is -3.55. The van der Waals surface area contributed by atoms with Crippen molar-refractivity contribution in [2.75, 3.05) is 7.11 Å². The second-order valence-corrected chi connectivity index (χ2v) is 8.33. The van der Waals surface area contributed by atoms with Gasteiger partial charge >= 0.3 is 5.97 Å². The molecule has 0 radical (unpaired) electrons. The summed E-state index contributed by atoms with van der Waals surface area (Å²) in [6.45, 7) is 3.74. The summed E-state index contributed by atoms with van der Waals surface area (Å²) in [5, 5.41) is 4.76. The van der Waals surface area contributed by atoms with E-state index in [1.54, 1.807) is 49.4 Å². The Labute approximate surface area is 213 Å². The lowest BCUT2D eigenvalue weighted by Gasteiger charge is -2.16. The predicted molar refractivity (Wildman–Crippen MR) is 136 cm³/mol. The van der Waals surface area contributed by atoms with Crippen LogP contribution < -0.4 is 19.6 Å². The number of methoxy groups -OCH3 is 1. The van der Waals surface area contributed by atoms with Crippen LogP contribution in [0.1, 0.15) is 34.8 Å². The fraction of sp³-hybridized carbons (Fsp3) is 0.192. The minimum absolute atomic E-state index is 0.263. The van der Waals surface area contributed by atoms with Crippen LogP contribution in [-0.2, 0) is 4.79 Å². The molecule has 3 rings (SSSR count). The highest BCUT2D eigenvalue weighted by molar-refractivity contribution is 6.35. The number of esters is 1. The summed E-state index contributed by atoms with van der Waals surface area (Å²) in [7, 11) is 1.46. The summed E-state index contributed by atoms with van der Waals surface area (Å²) in [6.07, 6.45) is 1.03. The summed E-state index contributed by atoms with van der Waals surface area (Å²) in [4.78, 5) is 24.9. The number of nitrogens with zero attached hydrogens (tertiary/aromatic N) is 1. The first-order valence-corrected chi connectivity index (χ1v) is 11.5. The van der Waals surface area contributed by atoms with E-state index >= 15 is 0 Å². The van der Waals surface area contributed by atoms with Gasteiger partial charge in [-0.15, -0.1) is 0 Å².